The quantitative estimate of drug-likeness (QED) is 0.887. The number of anilines is 1. The largest absolute Gasteiger partial charge is 0.341 e. The van der Waals surface area contributed by atoms with Crippen molar-refractivity contribution in [3.05, 3.63) is 5.82 Å². The average molecular weight is 306 g/mol. The molecule has 3 heterocycles. The predicted octanol–water partition coefficient (Wildman–Crippen LogP) is 0.636. The van der Waals surface area contributed by atoms with Gasteiger partial charge in [0.15, 0.2) is 0 Å². The molecule has 0 aromatic carbocycles. The van der Waals surface area contributed by atoms with Gasteiger partial charge in [0.2, 0.25) is 11.9 Å². The van der Waals surface area contributed by atoms with Crippen LogP contribution in [0.15, 0.2) is 0 Å². The number of aryl methyl sites for hydroxylation is 1. The molecule has 0 aliphatic carbocycles. The molecule has 0 saturated carbocycles. The third-order valence-corrected chi connectivity index (χ3v) is 4.76. The van der Waals surface area contributed by atoms with Gasteiger partial charge in [-0.1, -0.05) is 0 Å². The lowest BCUT2D eigenvalue weighted by Crippen LogP contribution is -2.55. The molecule has 22 heavy (non-hydrogen) atoms. The first kappa shape index (κ1) is 15.3. The molecule has 3 rings (SSSR count). The molecule has 122 valence electrons. The van der Waals surface area contributed by atoms with Gasteiger partial charge in [0.05, 0.1) is 6.04 Å². The maximum Gasteiger partial charge on any atom is 0.244 e. The second-order valence-electron chi connectivity index (χ2n) is 6.31. The highest BCUT2D eigenvalue weighted by molar-refractivity contribution is 5.81. The molecule has 7 heteroatoms. The molecule has 2 aliphatic heterocycles. The number of hydrogen-bond acceptors (Lipinski definition) is 5. The summed E-state index contributed by atoms with van der Waals surface area (Å²) in [4.78, 5) is 23.5. The summed E-state index contributed by atoms with van der Waals surface area (Å²) in [6, 6.07) is -0.0193. The lowest BCUT2D eigenvalue weighted by Gasteiger charge is -2.39. The number of piperazine rings is 1. The molecule has 1 aromatic rings. The Morgan fingerprint density at radius 3 is 2.36 bits per heavy atom. The first-order valence-corrected chi connectivity index (χ1v) is 8.32. The van der Waals surface area contributed by atoms with Crippen LogP contribution >= 0.6 is 0 Å². The van der Waals surface area contributed by atoms with Crippen molar-refractivity contribution in [1.82, 2.24) is 25.0 Å². The Morgan fingerprint density at radius 2 is 1.77 bits per heavy atom. The first-order chi connectivity index (χ1) is 10.6. The second kappa shape index (κ2) is 6.64. The first-order valence-electron chi connectivity index (χ1n) is 8.32. The normalized spacial score (nSPS) is 21.9. The number of aromatic amines is 1. The van der Waals surface area contributed by atoms with Crippen LogP contribution in [-0.4, -0.2) is 76.2 Å². The minimum absolute atomic E-state index is 0.0193. The number of nitrogens with zero attached hydrogens (tertiary/aromatic N) is 5. The molecular weight excluding hydrogens is 280 g/mol. The predicted molar refractivity (Wildman–Crippen MR) is 84.8 cm³/mol. The van der Waals surface area contributed by atoms with Gasteiger partial charge >= 0.3 is 0 Å². The zero-order valence-corrected chi connectivity index (χ0v) is 13.6. The van der Waals surface area contributed by atoms with Crippen LogP contribution in [0.5, 0.6) is 0 Å². The fraction of sp³-hybridized carbons (Fsp3) is 0.800. The Balaban J connectivity index is 1.53. The second-order valence-corrected chi connectivity index (χ2v) is 6.31. The number of nitrogens with one attached hydrogen (secondary N) is 1. The standard InChI is InChI=1S/C15H26N6O/c1-12(14(22)20-6-4-3-5-7-20)19-8-10-21(11-9-19)15-16-13(2)17-18-15/h12H,3-11H2,1-2H3,(H,16,17,18). The fourth-order valence-electron chi connectivity index (χ4n) is 3.32. The minimum atomic E-state index is -0.0193. The van der Waals surface area contributed by atoms with Crippen LogP contribution < -0.4 is 4.90 Å². The van der Waals surface area contributed by atoms with E-state index in [0.717, 1.165) is 63.9 Å². The molecule has 1 atom stereocenters. The molecule has 0 spiro atoms. The van der Waals surface area contributed by atoms with E-state index in [2.05, 4.69) is 25.0 Å². The molecule has 2 aliphatic rings. The summed E-state index contributed by atoms with van der Waals surface area (Å²) in [5, 5.41) is 7.10. The van der Waals surface area contributed by atoms with Crippen LogP contribution in [0.3, 0.4) is 0 Å². The van der Waals surface area contributed by atoms with E-state index in [4.69, 9.17) is 0 Å². The Bertz CT molecular complexity index is 502. The lowest BCUT2D eigenvalue weighted by molar-refractivity contribution is -0.137. The van der Waals surface area contributed by atoms with Gasteiger partial charge in [-0.15, -0.1) is 5.10 Å². The molecule has 7 nitrogen and oxygen atoms in total. The average Bonchev–Trinajstić information content (AvgIpc) is 3.01. The van der Waals surface area contributed by atoms with Crippen LogP contribution in [0, 0.1) is 6.92 Å². The molecule has 1 unspecified atom stereocenters. The number of hydrogen-bond donors (Lipinski definition) is 1. The highest BCUT2D eigenvalue weighted by Crippen LogP contribution is 2.16. The van der Waals surface area contributed by atoms with Crippen molar-refractivity contribution in [1.29, 1.82) is 0 Å². The van der Waals surface area contributed by atoms with Crippen molar-refractivity contribution in [2.45, 2.75) is 39.2 Å². The summed E-state index contributed by atoms with van der Waals surface area (Å²) in [7, 11) is 0. The molecule has 1 N–H and O–H groups in total. The van der Waals surface area contributed by atoms with Crippen LogP contribution in [0.1, 0.15) is 32.0 Å². The zero-order valence-electron chi connectivity index (χ0n) is 13.6. The summed E-state index contributed by atoms with van der Waals surface area (Å²) in [5.74, 6) is 1.90. The van der Waals surface area contributed by atoms with Gasteiger partial charge in [0.1, 0.15) is 5.82 Å². The lowest BCUT2D eigenvalue weighted by atomic mass is 10.1. The van der Waals surface area contributed by atoms with Crippen molar-refractivity contribution in [2.75, 3.05) is 44.2 Å². The van der Waals surface area contributed by atoms with Gasteiger partial charge < -0.3 is 9.80 Å². The van der Waals surface area contributed by atoms with Gasteiger partial charge in [0.25, 0.3) is 0 Å². The Kier molecular flexibility index (Phi) is 4.61. The van der Waals surface area contributed by atoms with E-state index in [0.29, 0.717) is 5.91 Å². The SMILES string of the molecule is Cc1nc(N2CCN(C(C)C(=O)N3CCCCC3)CC2)n[nH]1. The number of aromatic nitrogens is 3. The molecule has 0 radical (unpaired) electrons. The number of carbonyl (C=O) groups excluding carboxylic acids is 1. The number of H-pyrrole nitrogens is 1. The van der Waals surface area contributed by atoms with E-state index in [1.165, 1.54) is 6.42 Å². The number of amides is 1. The third kappa shape index (κ3) is 3.24. The number of carbonyl (C=O) groups is 1. The van der Waals surface area contributed by atoms with Gasteiger partial charge in [-0.2, -0.15) is 4.98 Å². The Morgan fingerprint density at radius 1 is 1.09 bits per heavy atom. The molecule has 0 bridgehead atoms. The summed E-state index contributed by atoms with van der Waals surface area (Å²) >= 11 is 0. The topological polar surface area (TPSA) is 68.4 Å². The summed E-state index contributed by atoms with van der Waals surface area (Å²) in [6.07, 6.45) is 3.56. The maximum absolute atomic E-state index is 12.6. The molecule has 2 fully saturated rings. The Hall–Kier alpha value is -1.63. The minimum Gasteiger partial charge on any atom is -0.341 e. The van der Waals surface area contributed by atoms with E-state index in [1.807, 2.05) is 18.7 Å². The zero-order chi connectivity index (χ0) is 15.5. The Labute approximate surface area is 131 Å². The summed E-state index contributed by atoms with van der Waals surface area (Å²) in [6.45, 7) is 9.32. The van der Waals surface area contributed by atoms with Gasteiger partial charge in [0, 0.05) is 39.3 Å². The molecule has 1 amide bonds. The number of piperidine rings is 1. The summed E-state index contributed by atoms with van der Waals surface area (Å²) in [5.41, 5.74) is 0. The monoisotopic (exact) mass is 306 g/mol. The third-order valence-electron chi connectivity index (χ3n) is 4.76. The smallest absolute Gasteiger partial charge is 0.244 e. The van der Waals surface area contributed by atoms with Crippen molar-refractivity contribution in [3.63, 3.8) is 0 Å². The van der Waals surface area contributed by atoms with Gasteiger partial charge in [-0.3, -0.25) is 14.8 Å². The maximum atomic E-state index is 12.6. The van der Waals surface area contributed by atoms with E-state index in [-0.39, 0.29) is 6.04 Å². The number of rotatable bonds is 3. The highest BCUT2D eigenvalue weighted by atomic mass is 16.2. The fourth-order valence-corrected chi connectivity index (χ4v) is 3.32. The van der Waals surface area contributed by atoms with Crippen molar-refractivity contribution < 1.29 is 4.79 Å². The van der Waals surface area contributed by atoms with E-state index in [9.17, 15) is 4.79 Å². The summed E-state index contributed by atoms with van der Waals surface area (Å²) < 4.78 is 0. The van der Waals surface area contributed by atoms with Gasteiger partial charge in [-0.05, 0) is 33.1 Å². The molecular formula is C15H26N6O. The van der Waals surface area contributed by atoms with Gasteiger partial charge in [-0.25, -0.2) is 0 Å². The van der Waals surface area contributed by atoms with Crippen LogP contribution in [-0.2, 0) is 4.79 Å². The van der Waals surface area contributed by atoms with Crippen molar-refractivity contribution in [3.8, 4) is 0 Å². The van der Waals surface area contributed by atoms with Crippen molar-refractivity contribution in [2.24, 2.45) is 0 Å². The van der Waals surface area contributed by atoms with Crippen LogP contribution in [0.25, 0.3) is 0 Å². The van der Waals surface area contributed by atoms with Crippen molar-refractivity contribution >= 4 is 11.9 Å². The molecule has 2 saturated heterocycles. The molecule has 1 aromatic heterocycles. The van der Waals surface area contributed by atoms with Crippen LogP contribution in [0.2, 0.25) is 0 Å². The van der Waals surface area contributed by atoms with E-state index >= 15 is 0 Å². The van der Waals surface area contributed by atoms with E-state index in [1.54, 1.807) is 0 Å². The highest BCUT2D eigenvalue weighted by Gasteiger charge is 2.29. The number of likely N-dealkylation sites (tertiary alicyclic amines) is 1. The van der Waals surface area contributed by atoms with Crippen LogP contribution in [0.4, 0.5) is 5.95 Å². The van der Waals surface area contributed by atoms with E-state index < -0.39 is 0 Å².